The molecule has 4 heteroatoms. The van der Waals surface area contributed by atoms with Crippen molar-refractivity contribution in [2.24, 2.45) is 0 Å². The second kappa shape index (κ2) is 9.61. The molecule has 0 atom stereocenters. The Morgan fingerprint density at radius 1 is 0.826 bits per heavy atom. The van der Waals surface area contributed by atoms with Crippen molar-refractivity contribution in [1.82, 2.24) is 0 Å². The van der Waals surface area contributed by atoms with Crippen LogP contribution in [0.5, 0.6) is 0 Å². The molecule has 0 amide bonds. The van der Waals surface area contributed by atoms with Gasteiger partial charge in [-0.25, -0.2) is 0 Å². The Morgan fingerprint density at radius 2 is 1.39 bits per heavy atom. The van der Waals surface area contributed by atoms with Crippen LogP contribution >= 0.6 is 11.6 Å². The van der Waals surface area contributed by atoms with Crippen LogP contribution in [0.25, 0.3) is 0 Å². The van der Waals surface area contributed by atoms with Crippen molar-refractivity contribution in [2.75, 3.05) is 0 Å². The van der Waals surface area contributed by atoms with E-state index in [0.717, 1.165) is 23.9 Å². The van der Waals surface area contributed by atoms with Gasteiger partial charge in [0.25, 0.3) is 0 Å². The maximum Gasteiger partial charge on any atom is 0.416 e. The lowest BCUT2D eigenvalue weighted by atomic mass is 10.0. The number of halogens is 4. The summed E-state index contributed by atoms with van der Waals surface area (Å²) in [5, 5.41) is 0.819. The standard InChI is InChI=1S/C10H11F3.C9H11Cl/c1-2-5-8-6-3-4-7-9(8)10(11,12)13;1-2-3-8-4-6-9(10)7-5-8/h3-4,6-7H,2,5H2,1H3;4-7H,2-3H2,1H3. The van der Waals surface area contributed by atoms with Crippen molar-refractivity contribution >= 4 is 11.6 Å². The van der Waals surface area contributed by atoms with Crippen molar-refractivity contribution in [3.63, 3.8) is 0 Å². The number of hydrogen-bond donors (Lipinski definition) is 0. The molecule has 0 aliphatic carbocycles. The minimum Gasteiger partial charge on any atom is -0.166 e. The van der Waals surface area contributed by atoms with Crippen molar-refractivity contribution in [1.29, 1.82) is 0 Å². The first-order valence-electron chi connectivity index (χ1n) is 7.78. The lowest BCUT2D eigenvalue weighted by molar-refractivity contribution is -0.138. The summed E-state index contributed by atoms with van der Waals surface area (Å²) < 4.78 is 37.1. The van der Waals surface area contributed by atoms with Crippen LogP contribution in [0, 0.1) is 0 Å². The van der Waals surface area contributed by atoms with E-state index in [9.17, 15) is 13.2 Å². The molecule has 0 nitrogen and oxygen atoms in total. The maximum absolute atomic E-state index is 12.4. The monoisotopic (exact) mass is 342 g/mol. The fraction of sp³-hybridized carbons (Fsp3) is 0.368. The number of benzene rings is 2. The Morgan fingerprint density at radius 3 is 1.91 bits per heavy atom. The molecule has 0 aliphatic rings. The predicted octanol–water partition coefficient (Wildman–Crippen LogP) is 6.95. The quantitative estimate of drug-likeness (QED) is 0.564. The molecule has 0 N–H and O–H groups in total. The molecule has 0 saturated heterocycles. The second-order valence-electron chi connectivity index (χ2n) is 5.28. The van der Waals surface area contributed by atoms with E-state index in [1.807, 2.05) is 19.1 Å². The van der Waals surface area contributed by atoms with Gasteiger partial charge in [0.15, 0.2) is 0 Å². The summed E-state index contributed by atoms with van der Waals surface area (Å²) in [6, 6.07) is 13.7. The zero-order chi connectivity index (χ0) is 17.3. The van der Waals surface area contributed by atoms with Crippen molar-refractivity contribution in [3.05, 3.63) is 70.2 Å². The van der Waals surface area contributed by atoms with Crippen molar-refractivity contribution in [2.45, 2.75) is 45.7 Å². The highest BCUT2D eigenvalue weighted by Gasteiger charge is 2.32. The fourth-order valence-electron chi connectivity index (χ4n) is 2.22. The minimum atomic E-state index is -4.22. The first-order chi connectivity index (χ1) is 10.9. The van der Waals surface area contributed by atoms with Gasteiger partial charge in [-0.1, -0.05) is 68.6 Å². The molecular weight excluding hydrogens is 321 g/mol. The second-order valence-corrected chi connectivity index (χ2v) is 5.72. The van der Waals surface area contributed by atoms with Gasteiger partial charge in [-0.15, -0.1) is 0 Å². The van der Waals surface area contributed by atoms with E-state index < -0.39 is 11.7 Å². The Bertz CT molecular complexity index is 574. The largest absolute Gasteiger partial charge is 0.416 e. The van der Waals surface area contributed by atoms with E-state index in [1.165, 1.54) is 24.1 Å². The molecular formula is C19H22ClF3. The molecule has 0 spiro atoms. The van der Waals surface area contributed by atoms with E-state index in [1.54, 1.807) is 6.07 Å². The number of rotatable bonds is 4. The smallest absolute Gasteiger partial charge is 0.166 e. The van der Waals surface area contributed by atoms with Crippen LogP contribution in [0.1, 0.15) is 43.4 Å². The number of aryl methyl sites for hydroxylation is 2. The highest BCUT2D eigenvalue weighted by Crippen LogP contribution is 2.32. The molecule has 0 saturated carbocycles. The van der Waals surface area contributed by atoms with Crippen LogP contribution in [0.2, 0.25) is 5.02 Å². The molecule has 2 aromatic carbocycles. The highest BCUT2D eigenvalue weighted by atomic mass is 35.5. The van der Waals surface area contributed by atoms with Gasteiger partial charge in [-0.05, 0) is 42.2 Å². The molecule has 23 heavy (non-hydrogen) atoms. The predicted molar refractivity (Wildman–Crippen MR) is 90.9 cm³/mol. The number of hydrogen-bond acceptors (Lipinski definition) is 0. The SMILES string of the molecule is CCCc1ccc(Cl)cc1.CCCc1ccccc1C(F)(F)F. The van der Waals surface area contributed by atoms with Crippen molar-refractivity contribution in [3.8, 4) is 0 Å². The van der Waals surface area contributed by atoms with Crippen LogP contribution in [-0.4, -0.2) is 0 Å². The third-order valence-electron chi connectivity index (χ3n) is 3.29. The van der Waals surface area contributed by atoms with Crippen LogP contribution < -0.4 is 0 Å². The lowest BCUT2D eigenvalue weighted by Gasteiger charge is -2.11. The molecule has 0 bridgehead atoms. The summed E-state index contributed by atoms with van der Waals surface area (Å²) in [7, 11) is 0. The van der Waals surface area contributed by atoms with E-state index in [0.29, 0.717) is 12.0 Å². The Hall–Kier alpha value is -1.48. The van der Waals surface area contributed by atoms with Gasteiger partial charge in [0, 0.05) is 5.02 Å². The Balaban J connectivity index is 0.000000238. The van der Waals surface area contributed by atoms with Gasteiger partial charge < -0.3 is 0 Å². The molecule has 126 valence electrons. The maximum atomic E-state index is 12.4. The molecule has 0 radical (unpaired) electrons. The minimum absolute atomic E-state index is 0.387. The zero-order valence-electron chi connectivity index (χ0n) is 13.5. The van der Waals surface area contributed by atoms with E-state index in [2.05, 4.69) is 19.1 Å². The van der Waals surface area contributed by atoms with Crippen LogP contribution in [0.4, 0.5) is 13.2 Å². The average molecular weight is 343 g/mol. The first-order valence-corrected chi connectivity index (χ1v) is 8.15. The molecule has 0 unspecified atom stereocenters. The highest BCUT2D eigenvalue weighted by molar-refractivity contribution is 6.30. The third kappa shape index (κ3) is 7.08. The first kappa shape index (κ1) is 19.6. The van der Waals surface area contributed by atoms with Crippen LogP contribution in [-0.2, 0) is 19.0 Å². The molecule has 0 heterocycles. The molecule has 0 fully saturated rings. The number of alkyl halides is 3. The van der Waals surface area contributed by atoms with Gasteiger partial charge in [-0.2, -0.15) is 13.2 Å². The van der Waals surface area contributed by atoms with E-state index >= 15 is 0 Å². The normalized spacial score (nSPS) is 10.9. The van der Waals surface area contributed by atoms with Gasteiger partial charge in [0.2, 0.25) is 0 Å². The Kier molecular flexibility index (Phi) is 8.18. The molecule has 0 aromatic heterocycles. The van der Waals surface area contributed by atoms with Gasteiger partial charge >= 0.3 is 6.18 Å². The van der Waals surface area contributed by atoms with Crippen LogP contribution in [0.15, 0.2) is 48.5 Å². The summed E-state index contributed by atoms with van der Waals surface area (Å²) in [5.74, 6) is 0. The third-order valence-corrected chi connectivity index (χ3v) is 3.55. The van der Waals surface area contributed by atoms with Crippen molar-refractivity contribution < 1.29 is 13.2 Å². The lowest BCUT2D eigenvalue weighted by Crippen LogP contribution is -2.08. The van der Waals surface area contributed by atoms with Gasteiger partial charge in [0.1, 0.15) is 0 Å². The summed E-state index contributed by atoms with van der Waals surface area (Å²) in [6.45, 7) is 4.04. The zero-order valence-corrected chi connectivity index (χ0v) is 14.2. The topological polar surface area (TPSA) is 0 Å². The molecule has 2 rings (SSSR count). The summed E-state index contributed by atoms with van der Waals surface area (Å²) in [4.78, 5) is 0. The van der Waals surface area contributed by atoms with Crippen LogP contribution in [0.3, 0.4) is 0 Å². The molecule has 0 aliphatic heterocycles. The van der Waals surface area contributed by atoms with E-state index in [-0.39, 0.29) is 0 Å². The summed E-state index contributed by atoms with van der Waals surface area (Å²) in [5.41, 5.74) is 1.25. The Labute approximate surface area is 141 Å². The fourth-order valence-corrected chi connectivity index (χ4v) is 2.35. The molecule has 2 aromatic rings. The average Bonchev–Trinajstić information content (AvgIpc) is 2.50. The van der Waals surface area contributed by atoms with Gasteiger partial charge in [0.05, 0.1) is 5.56 Å². The summed E-state index contributed by atoms with van der Waals surface area (Å²) >= 11 is 5.71. The van der Waals surface area contributed by atoms with Gasteiger partial charge in [-0.3, -0.25) is 0 Å². The van der Waals surface area contributed by atoms with E-state index in [4.69, 9.17) is 11.6 Å². The summed E-state index contributed by atoms with van der Waals surface area (Å²) in [6.07, 6.45) is -0.659.